The van der Waals surface area contributed by atoms with Crippen LogP contribution in [0.15, 0.2) is 29.4 Å². The highest BCUT2D eigenvalue weighted by atomic mass is 16.6. The molecule has 0 radical (unpaired) electrons. The number of hydrogen-bond donors (Lipinski definition) is 1. The zero-order valence-electron chi connectivity index (χ0n) is 13.4. The number of nitro groups is 1. The number of nitrogens with one attached hydrogen (secondary N) is 1. The van der Waals surface area contributed by atoms with E-state index in [2.05, 4.69) is 25.9 Å². The number of rotatable bonds is 8. The van der Waals surface area contributed by atoms with Crippen molar-refractivity contribution in [2.24, 2.45) is 5.10 Å². The number of benzene rings is 1. The molecule has 1 aromatic carbocycles. The molecule has 0 spiro atoms. The molecule has 1 aromatic heterocycles. The third kappa shape index (κ3) is 5.53. The quantitative estimate of drug-likeness (QED) is 0.403. The second kappa shape index (κ2) is 8.33. The molecule has 0 aliphatic carbocycles. The minimum atomic E-state index is -0.756. The van der Waals surface area contributed by atoms with E-state index in [9.17, 15) is 14.9 Å². The zero-order valence-corrected chi connectivity index (χ0v) is 13.4. The van der Waals surface area contributed by atoms with Gasteiger partial charge in [0.25, 0.3) is 5.91 Å². The molecule has 1 amide bonds. The highest BCUT2D eigenvalue weighted by Gasteiger charge is 2.15. The second-order valence-corrected chi connectivity index (χ2v) is 4.73. The van der Waals surface area contributed by atoms with Crippen LogP contribution in [0.4, 0.5) is 5.95 Å². The zero-order chi connectivity index (χ0) is 18.2. The number of methoxy groups -OCH3 is 1. The Labute approximate surface area is 141 Å². The SMILES string of the molecule is COc1cccc(OCC(=O)NN=C(C)Cn2nnc([N+](=O)[O-])n2)c1. The van der Waals surface area contributed by atoms with Crippen LogP contribution < -0.4 is 14.9 Å². The molecule has 25 heavy (non-hydrogen) atoms. The molecule has 1 N–H and O–H groups in total. The highest BCUT2D eigenvalue weighted by Crippen LogP contribution is 2.18. The minimum absolute atomic E-state index is 0.0395. The molecule has 2 aromatic rings. The van der Waals surface area contributed by atoms with Crippen LogP contribution in [0.5, 0.6) is 11.5 Å². The average molecular weight is 349 g/mol. The first-order valence-corrected chi connectivity index (χ1v) is 6.99. The van der Waals surface area contributed by atoms with Crippen molar-refractivity contribution in [3.63, 3.8) is 0 Å². The first-order chi connectivity index (χ1) is 12.0. The Kier molecular flexibility index (Phi) is 5.92. The Balaban J connectivity index is 1.80. The van der Waals surface area contributed by atoms with E-state index in [1.807, 2.05) is 0 Å². The van der Waals surface area contributed by atoms with Gasteiger partial charge in [-0.3, -0.25) is 4.79 Å². The number of carbonyl (C=O) groups excluding carboxylic acids is 1. The van der Waals surface area contributed by atoms with E-state index in [1.54, 1.807) is 31.2 Å². The summed E-state index contributed by atoms with van der Waals surface area (Å²) in [4.78, 5) is 22.4. The lowest BCUT2D eigenvalue weighted by Gasteiger charge is -2.06. The van der Waals surface area contributed by atoms with Gasteiger partial charge in [-0.1, -0.05) is 10.9 Å². The van der Waals surface area contributed by atoms with Gasteiger partial charge in [0, 0.05) is 11.3 Å². The normalized spacial score (nSPS) is 11.0. The number of carbonyl (C=O) groups is 1. The van der Waals surface area contributed by atoms with Crippen molar-refractivity contribution >= 4 is 17.6 Å². The van der Waals surface area contributed by atoms with E-state index in [0.717, 1.165) is 4.80 Å². The molecule has 0 fully saturated rings. The molecule has 0 aliphatic rings. The molecule has 12 heteroatoms. The lowest BCUT2D eigenvalue weighted by atomic mass is 10.3. The fraction of sp³-hybridized carbons (Fsp3) is 0.308. The number of ether oxygens (including phenoxy) is 2. The number of amides is 1. The average Bonchev–Trinajstić information content (AvgIpc) is 3.07. The number of hydrazone groups is 1. The standard InChI is InChI=1S/C13H15N7O5/c1-9(7-19-17-13(16-18-19)20(22)23)14-15-12(21)8-25-11-5-3-4-10(6-11)24-2/h3-6H,7-8H2,1-2H3,(H,15,21). The summed E-state index contributed by atoms with van der Waals surface area (Å²) in [7, 11) is 1.53. The second-order valence-electron chi connectivity index (χ2n) is 4.73. The lowest BCUT2D eigenvalue weighted by molar-refractivity contribution is -0.394. The number of nitrogens with zero attached hydrogens (tertiary/aromatic N) is 6. The van der Waals surface area contributed by atoms with Crippen molar-refractivity contribution in [1.29, 1.82) is 0 Å². The molecule has 0 saturated heterocycles. The topological polar surface area (TPSA) is 147 Å². The Morgan fingerprint density at radius 2 is 2.20 bits per heavy atom. The maximum absolute atomic E-state index is 11.7. The molecule has 2 rings (SSSR count). The van der Waals surface area contributed by atoms with Crippen LogP contribution in [-0.4, -0.2) is 50.5 Å². The van der Waals surface area contributed by atoms with E-state index in [-0.39, 0.29) is 13.2 Å². The molecule has 0 unspecified atom stereocenters. The van der Waals surface area contributed by atoms with Crippen LogP contribution in [-0.2, 0) is 11.3 Å². The first-order valence-electron chi connectivity index (χ1n) is 6.99. The van der Waals surface area contributed by atoms with Gasteiger partial charge in [-0.05, 0) is 24.0 Å². The highest BCUT2D eigenvalue weighted by molar-refractivity contribution is 5.84. The molecule has 132 valence electrons. The van der Waals surface area contributed by atoms with Crippen LogP contribution in [0.25, 0.3) is 0 Å². The molecular weight excluding hydrogens is 334 g/mol. The summed E-state index contributed by atoms with van der Waals surface area (Å²) in [5.41, 5.74) is 2.72. The van der Waals surface area contributed by atoms with Gasteiger partial charge in [-0.25, -0.2) is 5.43 Å². The van der Waals surface area contributed by atoms with Gasteiger partial charge in [0.15, 0.2) is 6.61 Å². The molecule has 0 atom stereocenters. The van der Waals surface area contributed by atoms with E-state index in [4.69, 9.17) is 9.47 Å². The third-order valence-electron chi connectivity index (χ3n) is 2.76. The monoisotopic (exact) mass is 349 g/mol. The van der Waals surface area contributed by atoms with E-state index < -0.39 is 16.8 Å². The summed E-state index contributed by atoms with van der Waals surface area (Å²) in [6.45, 7) is 1.40. The van der Waals surface area contributed by atoms with Crippen molar-refractivity contribution in [2.75, 3.05) is 13.7 Å². The lowest BCUT2D eigenvalue weighted by Crippen LogP contribution is -2.26. The summed E-state index contributed by atoms with van der Waals surface area (Å²) in [5, 5.41) is 24.6. The predicted molar refractivity (Wildman–Crippen MR) is 84.2 cm³/mol. The van der Waals surface area contributed by atoms with E-state index in [0.29, 0.717) is 17.2 Å². The third-order valence-corrected chi connectivity index (χ3v) is 2.76. The summed E-state index contributed by atoms with van der Waals surface area (Å²) in [5.74, 6) is 0.0127. The Bertz CT molecular complexity index is 789. The predicted octanol–water partition coefficient (Wildman–Crippen LogP) is 0.161. The van der Waals surface area contributed by atoms with E-state index in [1.165, 1.54) is 7.11 Å². The van der Waals surface area contributed by atoms with Crippen molar-refractivity contribution in [2.45, 2.75) is 13.5 Å². The Hall–Kier alpha value is -3.57. The summed E-state index contributed by atoms with van der Waals surface area (Å²) < 4.78 is 10.4. The van der Waals surface area contributed by atoms with Crippen molar-refractivity contribution in [1.82, 2.24) is 25.6 Å². The maximum atomic E-state index is 11.7. The summed E-state index contributed by atoms with van der Waals surface area (Å²) in [6, 6.07) is 6.82. The van der Waals surface area contributed by atoms with Gasteiger partial charge in [-0.2, -0.15) is 5.10 Å². The van der Waals surface area contributed by atoms with Crippen LogP contribution in [0.1, 0.15) is 6.92 Å². The fourth-order valence-electron chi connectivity index (χ4n) is 1.64. The van der Waals surface area contributed by atoms with Crippen molar-refractivity contribution < 1.29 is 19.2 Å². The molecule has 1 heterocycles. The van der Waals surface area contributed by atoms with Gasteiger partial charge < -0.3 is 19.6 Å². The number of hydrogen-bond acceptors (Lipinski definition) is 9. The molecular formula is C13H15N7O5. The number of aromatic nitrogens is 4. The maximum Gasteiger partial charge on any atom is 0.514 e. The van der Waals surface area contributed by atoms with Crippen molar-refractivity contribution in [3.8, 4) is 11.5 Å². The van der Waals surface area contributed by atoms with Crippen LogP contribution in [0, 0.1) is 10.1 Å². The molecule has 0 aliphatic heterocycles. The first kappa shape index (κ1) is 17.8. The largest absolute Gasteiger partial charge is 0.514 e. The Morgan fingerprint density at radius 3 is 2.88 bits per heavy atom. The van der Waals surface area contributed by atoms with Gasteiger partial charge in [0.05, 0.1) is 23.0 Å². The van der Waals surface area contributed by atoms with Crippen molar-refractivity contribution in [3.05, 3.63) is 34.4 Å². The van der Waals surface area contributed by atoms with E-state index >= 15 is 0 Å². The summed E-state index contributed by atoms with van der Waals surface area (Å²) >= 11 is 0. The van der Waals surface area contributed by atoms with Gasteiger partial charge in [0.1, 0.15) is 18.0 Å². The minimum Gasteiger partial charge on any atom is -0.497 e. The molecule has 0 bridgehead atoms. The van der Waals surface area contributed by atoms with Crippen LogP contribution in [0.2, 0.25) is 0 Å². The molecule has 12 nitrogen and oxygen atoms in total. The Morgan fingerprint density at radius 1 is 1.44 bits per heavy atom. The van der Waals surface area contributed by atoms with Gasteiger partial charge in [0.2, 0.25) is 0 Å². The smallest absolute Gasteiger partial charge is 0.497 e. The van der Waals surface area contributed by atoms with Gasteiger partial charge in [-0.15, -0.1) is 0 Å². The van der Waals surface area contributed by atoms with Crippen LogP contribution >= 0.6 is 0 Å². The van der Waals surface area contributed by atoms with Gasteiger partial charge >= 0.3 is 5.95 Å². The van der Waals surface area contributed by atoms with Crippen LogP contribution in [0.3, 0.4) is 0 Å². The number of tetrazole rings is 1. The summed E-state index contributed by atoms with van der Waals surface area (Å²) in [6.07, 6.45) is 0. The fourth-order valence-corrected chi connectivity index (χ4v) is 1.64. The molecule has 0 saturated carbocycles.